The third-order valence-electron chi connectivity index (χ3n) is 9.35. The fraction of sp³-hybridized carbons (Fsp3) is 0.516. The minimum atomic E-state index is -1.13. The summed E-state index contributed by atoms with van der Waals surface area (Å²) in [6, 6.07) is 17.3. The first-order valence-corrected chi connectivity index (χ1v) is 14.1. The number of hydrogen-bond donors (Lipinski definition) is 3. The molecule has 2 unspecified atom stereocenters. The Balaban J connectivity index is 1.54. The van der Waals surface area contributed by atoms with Crippen LogP contribution in [0.1, 0.15) is 52.0 Å². The van der Waals surface area contributed by atoms with Crippen molar-refractivity contribution in [2.24, 2.45) is 17.8 Å². The predicted molar refractivity (Wildman–Crippen MR) is 147 cm³/mol. The molecule has 0 aliphatic carbocycles. The lowest BCUT2D eigenvalue weighted by Gasteiger charge is -2.39. The van der Waals surface area contributed by atoms with E-state index in [1.165, 1.54) is 0 Å². The van der Waals surface area contributed by atoms with E-state index < -0.39 is 35.1 Å². The van der Waals surface area contributed by atoms with Crippen molar-refractivity contribution in [2.75, 3.05) is 11.9 Å². The lowest BCUT2D eigenvalue weighted by Crippen LogP contribution is -2.59. The van der Waals surface area contributed by atoms with Gasteiger partial charge in [0, 0.05) is 12.2 Å². The van der Waals surface area contributed by atoms with Gasteiger partial charge in [-0.1, -0.05) is 75.7 Å². The molecule has 0 radical (unpaired) electrons. The largest absolute Gasteiger partial charge is 0.394 e. The van der Waals surface area contributed by atoms with Gasteiger partial charge in [-0.2, -0.15) is 0 Å². The molecule has 3 fully saturated rings. The smallest absolute Gasteiger partial charge is 0.246 e. The molecule has 7 atom stereocenters. The predicted octanol–water partition coefficient (Wildman–Crippen LogP) is 3.50. The molecule has 3 saturated heterocycles. The molecule has 39 heavy (non-hydrogen) atoms. The van der Waals surface area contributed by atoms with Gasteiger partial charge < -0.3 is 25.4 Å². The van der Waals surface area contributed by atoms with Gasteiger partial charge in [0.1, 0.15) is 11.6 Å². The van der Waals surface area contributed by atoms with Crippen LogP contribution in [-0.2, 0) is 25.7 Å². The number of nitrogens with one attached hydrogen (secondary N) is 2. The molecular formula is C31H39N3O5. The van der Waals surface area contributed by atoms with Crippen LogP contribution < -0.4 is 10.6 Å². The van der Waals surface area contributed by atoms with Gasteiger partial charge >= 0.3 is 0 Å². The normalized spacial score (nSPS) is 30.6. The average molecular weight is 534 g/mol. The third-order valence-corrected chi connectivity index (χ3v) is 9.35. The van der Waals surface area contributed by atoms with Gasteiger partial charge in [0.05, 0.1) is 30.1 Å². The van der Waals surface area contributed by atoms with E-state index >= 15 is 0 Å². The van der Waals surface area contributed by atoms with E-state index in [0.29, 0.717) is 31.5 Å². The van der Waals surface area contributed by atoms with E-state index in [1.807, 2.05) is 81.4 Å². The molecule has 3 amide bonds. The first-order valence-electron chi connectivity index (χ1n) is 14.1. The summed E-state index contributed by atoms with van der Waals surface area (Å²) in [6.07, 6.45) is 2.37. The maximum atomic E-state index is 14.4. The van der Waals surface area contributed by atoms with Gasteiger partial charge in [-0.15, -0.1) is 0 Å². The van der Waals surface area contributed by atoms with Crippen LogP contribution in [0.25, 0.3) is 0 Å². The molecule has 8 nitrogen and oxygen atoms in total. The number of aliphatic hydroxyl groups excluding tert-OH is 1. The Kier molecular flexibility index (Phi) is 7.53. The Bertz CT molecular complexity index is 1210. The van der Waals surface area contributed by atoms with Gasteiger partial charge in [-0.3, -0.25) is 14.4 Å². The summed E-state index contributed by atoms with van der Waals surface area (Å²) in [5, 5.41) is 16.5. The monoisotopic (exact) mass is 533 g/mol. The molecule has 3 heterocycles. The number of carbonyl (C=O) groups is 3. The van der Waals surface area contributed by atoms with Crippen LogP contribution in [0.4, 0.5) is 5.69 Å². The van der Waals surface area contributed by atoms with Crippen LogP contribution >= 0.6 is 0 Å². The zero-order valence-corrected chi connectivity index (χ0v) is 22.9. The molecule has 5 rings (SSSR count). The van der Waals surface area contributed by atoms with Crippen LogP contribution in [0, 0.1) is 17.8 Å². The lowest BCUT2D eigenvalue weighted by molar-refractivity contribution is -0.151. The summed E-state index contributed by atoms with van der Waals surface area (Å²) in [6.45, 7) is 5.99. The molecule has 3 aliphatic heterocycles. The standard InChI is InChI=1S/C31H39N3O5/c1-4-20(3)23(19-35)34-26(28(37)32-18-21-12-8-6-9-13-21)31-17-16-30(5-2,39-31)24(25(31)29(34)38)27(36)33-22-14-10-7-11-15-22/h6-15,20,23-26,35H,4-5,16-19H2,1-3H3,(H,32,37)(H,33,36)/t20-,23-,24-,25-,26?,30+,31?/m0/s1. The number of ether oxygens (including phenoxy) is 1. The van der Waals surface area contributed by atoms with Crippen LogP contribution in [0.2, 0.25) is 0 Å². The number of likely N-dealkylation sites (tertiary alicyclic amines) is 1. The highest BCUT2D eigenvalue weighted by Crippen LogP contribution is 2.64. The highest BCUT2D eigenvalue weighted by Gasteiger charge is 2.79. The number of benzene rings is 2. The summed E-state index contributed by atoms with van der Waals surface area (Å²) in [7, 11) is 0. The molecule has 3 N–H and O–H groups in total. The summed E-state index contributed by atoms with van der Waals surface area (Å²) >= 11 is 0. The van der Waals surface area contributed by atoms with Crippen LogP contribution in [0.3, 0.4) is 0 Å². The molecular weight excluding hydrogens is 494 g/mol. The molecule has 0 saturated carbocycles. The van der Waals surface area contributed by atoms with Crippen molar-refractivity contribution < 1.29 is 24.2 Å². The summed E-state index contributed by atoms with van der Waals surface area (Å²) in [4.78, 5) is 43.8. The summed E-state index contributed by atoms with van der Waals surface area (Å²) in [5.41, 5.74) is -0.363. The second kappa shape index (κ2) is 10.7. The number of anilines is 1. The van der Waals surface area contributed by atoms with E-state index in [-0.39, 0.29) is 30.2 Å². The molecule has 8 heteroatoms. The zero-order chi connectivity index (χ0) is 27.8. The Labute approximate surface area is 230 Å². The molecule has 3 aliphatic rings. The van der Waals surface area contributed by atoms with Gasteiger partial charge in [0.25, 0.3) is 0 Å². The van der Waals surface area contributed by atoms with Crippen LogP contribution in [0.15, 0.2) is 60.7 Å². The molecule has 2 bridgehead atoms. The van der Waals surface area contributed by atoms with Crippen molar-refractivity contribution in [1.82, 2.24) is 10.2 Å². The van der Waals surface area contributed by atoms with Crippen molar-refractivity contribution >= 4 is 23.4 Å². The minimum absolute atomic E-state index is 0.0486. The maximum absolute atomic E-state index is 14.4. The number of aliphatic hydroxyl groups is 1. The molecule has 1 spiro atoms. The number of fused-ring (bicyclic) bond motifs is 1. The minimum Gasteiger partial charge on any atom is -0.394 e. The third kappa shape index (κ3) is 4.43. The van der Waals surface area contributed by atoms with Gasteiger partial charge in [0.2, 0.25) is 17.7 Å². The van der Waals surface area contributed by atoms with Crippen LogP contribution in [0.5, 0.6) is 0 Å². The summed E-state index contributed by atoms with van der Waals surface area (Å²) < 4.78 is 6.82. The summed E-state index contributed by atoms with van der Waals surface area (Å²) in [5.74, 6) is -2.45. The van der Waals surface area contributed by atoms with E-state index in [4.69, 9.17) is 4.74 Å². The van der Waals surface area contributed by atoms with Crippen molar-refractivity contribution in [2.45, 2.75) is 76.3 Å². The lowest BCUT2D eigenvalue weighted by atomic mass is 9.65. The molecule has 2 aromatic carbocycles. The van der Waals surface area contributed by atoms with Gasteiger partial charge in [0.15, 0.2) is 0 Å². The zero-order valence-electron chi connectivity index (χ0n) is 22.9. The number of hydrogen-bond acceptors (Lipinski definition) is 5. The second-order valence-corrected chi connectivity index (χ2v) is 11.3. The van der Waals surface area contributed by atoms with Gasteiger partial charge in [-0.25, -0.2) is 0 Å². The van der Waals surface area contributed by atoms with E-state index in [1.54, 1.807) is 4.90 Å². The number of amides is 3. The Morgan fingerprint density at radius 1 is 1.05 bits per heavy atom. The molecule has 208 valence electrons. The number of para-hydroxylation sites is 1. The maximum Gasteiger partial charge on any atom is 0.246 e. The highest BCUT2D eigenvalue weighted by atomic mass is 16.5. The average Bonchev–Trinajstić information content (AvgIpc) is 3.57. The Morgan fingerprint density at radius 3 is 2.33 bits per heavy atom. The highest BCUT2D eigenvalue weighted by molar-refractivity contribution is 6.02. The van der Waals surface area contributed by atoms with E-state index in [0.717, 1.165) is 12.0 Å². The van der Waals surface area contributed by atoms with Crippen molar-refractivity contribution in [3.63, 3.8) is 0 Å². The molecule has 0 aromatic heterocycles. The Hall–Kier alpha value is -3.23. The fourth-order valence-corrected chi connectivity index (χ4v) is 7.15. The van der Waals surface area contributed by atoms with E-state index in [2.05, 4.69) is 10.6 Å². The van der Waals surface area contributed by atoms with Crippen molar-refractivity contribution in [1.29, 1.82) is 0 Å². The Morgan fingerprint density at radius 2 is 1.72 bits per heavy atom. The first-order chi connectivity index (χ1) is 18.8. The molecule has 2 aromatic rings. The van der Waals surface area contributed by atoms with Gasteiger partial charge in [-0.05, 0) is 42.9 Å². The number of nitrogens with zero attached hydrogens (tertiary/aromatic N) is 1. The SMILES string of the molecule is CC[C@H](C)[C@H](CO)N1C(=O)[C@@H]2[C@@H](C(=O)Nc3ccccc3)[C@@]3(CC)CCC2(O3)C1C(=O)NCc1ccccc1. The fourth-order valence-electron chi connectivity index (χ4n) is 7.15. The van der Waals surface area contributed by atoms with Crippen LogP contribution in [-0.4, -0.2) is 57.6 Å². The van der Waals surface area contributed by atoms with Crippen molar-refractivity contribution in [3.05, 3.63) is 66.2 Å². The quantitative estimate of drug-likeness (QED) is 0.433. The van der Waals surface area contributed by atoms with Crippen molar-refractivity contribution in [3.8, 4) is 0 Å². The second-order valence-electron chi connectivity index (χ2n) is 11.3. The van der Waals surface area contributed by atoms with E-state index in [9.17, 15) is 19.5 Å². The first kappa shape index (κ1) is 27.3. The topological polar surface area (TPSA) is 108 Å². The number of rotatable bonds is 10. The number of carbonyl (C=O) groups excluding carboxylic acids is 3.